The molecule has 1 aromatic heterocycles. The van der Waals surface area contributed by atoms with Gasteiger partial charge in [-0.1, -0.05) is 41.0 Å². The van der Waals surface area contributed by atoms with Crippen molar-refractivity contribution in [2.45, 2.75) is 36.3 Å². The van der Waals surface area contributed by atoms with E-state index in [0.717, 1.165) is 23.8 Å². The average molecular weight is 344 g/mol. The van der Waals surface area contributed by atoms with Crippen LogP contribution in [0.5, 0.6) is 0 Å². The molecule has 0 bridgehead atoms. The zero-order chi connectivity index (χ0) is 14.7. The Morgan fingerprint density at radius 3 is 2.95 bits per heavy atom. The average Bonchev–Trinajstić information content (AvgIpc) is 3.17. The maximum Gasteiger partial charge on any atom is 0.209 e. The molecule has 1 aliphatic rings. The standard InChI is InChI=1S/C13H15Cl2N5S/c14-10-2-1-9(12(15)7-10)8-21-13-17-18-19-20(13)6-5-16-11-3-4-11/h1-2,7,11,16H,3-6,8H2. The fourth-order valence-corrected chi connectivity index (χ4v) is 3.35. The summed E-state index contributed by atoms with van der Waals surface area (Å²) in [7, 11) is 0. The van der Waals surface area contributed by atoms with Crippen molar-refractivity contribution < 1.29 is 0 Å². The predicted molar refractivity (Wildman–Crippen MR) is 84.9 cm³/mol. The second kappa shape index (κ2) is 6.96. The highest BCUT2D eigenvalue weighted by molar-refractivity contribution is 7.98. The molecule has 8 heteroatoms. The molecular weight excluding hydrogens is 329 g/mol. The van der Waals surface area contributed by atoms with Crippen LogP contribution in [0.1, 0.15) is 18.4 Å². The van der Waals surface area contributed by atoms with E-state index in [0.29, 0.717) is 21.8 Å². The van der Waals surface area contributed by atoms with Gasteiger partial charge in [-0.3, -0.25) is 0 Å². The van der Waals surface area contributed by atoms with Gasteiger partial charge >= 0.3 is 0 Å². The summed E-state index contributed by atoms with van der Waals surface area (Å²) in [5, 5.41) is 17.4. The quantitative estimate of drug-likeness (QED) is 0.783. The molecule has 0 aliphatic heterocycles. The summed E-state index contributed by atoms with van der Waals surface area (Å²) in [5.41, 5.74) is 1.02. The monoisotopic (exact) mass is 343 g/mol. The number of halogens is 2. The van der Waals surface area contributed by atoms with E-state index in [9.17, 15) is 0 Å². The van der Waals surface area contributed by atoms with Crippen molar-refractivity contribution in [2.75, 3.05) is 6.54 Å². The minimum Gasteiger partial charge on any atom is -0.312 e. The zero-order valence-corrected chi connectivity index (χ0v) is 13.6. The maximum atomic E-state index is 6.17. The summed E-state index contributed by atoms with van der Waals surface area (Å²) in [4.78, 5) is 0. The fourth-order valence-electron chi connectivity index (χ4n) is 1.88. The maximum absolute atomic E-state index is 6.17. The Bertz CT molecular complexity index is 614. The van der Waals surface area contributed by atoms with Crippen LogP contribution in [-0.2, 0) is 12.3 Å². The number of nitrogens with one attached hydrogen (secondary N) is 1. The van der Waals surface area contributed by atoms with Gasteiger partial charge in [-0.2, -0.15) is 0 Å². The van der Waals surface area contributed by atoms with Gasteiger partial charge in [-0.25, -0.2) is 4.68 Å². The molecule has 2 aromatic rings. The molecule has 1 fully saturated rings. The third-order valence-corrected chi connectivity index (χ3v) is 4.80. The molecule has 1 heterocycles. The van der Waals surface area contributed by atoms with Crippen molar-refractivity contribution in [3.8, 4) is 0 Å². The first-order valence-corrected chi connectivity index (χ1v) is 8.53. The van der Waals surface area contributed by atoms with Crippen LogP contribution in [0.15, 0.2) is 23.4 Å². The molecule has 5 nitrogen and oxygen atoms in total. The molecule has 112 valence electrons. The predicted octanol–water partition coefficient (Wildman–Crippen LogP) is 3.02. The van der Waals surface area contributed by atoms with Crippen molar-refractivity contribution in [1.29, 1.82) is 0 Å². The number of hydrogen-bond donors (Lipinski definition) is 1. The van der Waals surface area contributed by atoms with Gasteiger partial charge in [0.15, 0.2) is 0 Å². The number of nitrogens with zero attached hydrogens (tertiary/aromatic N) is 4. The Morgan fingerprint density at radius 2 is 2.19 bits per heavy atom. The second-order valence-electron chi connectivity index (χ2n) is 4.94. The lowest BCUT2D eigenvalue weighted by Crippen LogP contribution is -2.22. The Labute approximate surface area is 137 Å². The minimum absolute atomic E-state index is 0.643. The van der Waals surface area contributed by atoms with Crippen molar-refractivity contribution in [2.24, 2.45) is 0 Å². The first-order valence-electron chi connectivity index (χ1n) is 6.78. The highest BCUT2D eigenvalue weighted by atomic mass is 35.5. The van der Waals surface area contributed by atoms with Crippen LogP contribution < -0.4 is 5.32 Å². The topological polar surface area (TPSA) is 55.6 Å². The van der Waals surface area contributed by atoms with E-state index in [1.165, 1.54) is 12.8 Å². The molecule has 0 radical (unpaired) electrons. The first kappa shape index (κ1) is 15.1. The largest absolute Gasteiger partial charge is 0.312 e. The molecule has 0 spiro atoms. The van der Waals surface area contributed by atoms with Gasteiger partial charge in [0.1, 0.15) is 0 Å². The summed E-state index contributed by atoms with van der Waals surface area (Å²) < 4.78 is 1.82. The third-order valence-electron chi connectivity index (χ3n) is 3.20. The number of tetrazole rings is 1. The lowest BCUT2D eigenvalue weighted by Gasteiger charge is -2.06. The Hall–Kier alpha value is -0.820. The summed E-state index contributed by atoms with van der Waals surface area (Å²) in [6.07, 6.45) is 2.57. The number of aromatic nitrogens is 4. The summed E-state index contributed by atoms with van der Waals surface area (Å²) >= 11 is 13.6. The molecule has 0 amide bonds. The van der Waals surface area contributed by atoms with Crippen LogP contribution in [0.4, 0.5) is 0 Å². The lowest BCUT2D eigenvalue weighted by molar-refractivity contribution is 0.509. The zero-order valence-electron chi connectivity index (χ0n) is 11.3. The molecule has 0 unspecified atom stereocenters. The van der Waals surface area contributed by atoms with Crippen LogP contribution in [0.2, 0.25) is 10.0 Å². The molecule has 21 heavy (non-hydrogen) atoms. The molecule has 1 aromatic carbocycles. The van der Waals surface area contributed by atoms with E-state index in [2.05, 4.69) is 20.8 Å². The van der Waals surface area contributed by atoms with Crippen LogP contribution in [0, 0.1) is 0 Å². The van der Waals surface area contributed by atoms with E-state index in [-0.39, 0.29) is 0 Å². The van der Waals surface area contributed by atoms with Gasteiger partial charge < -0.3 is 5.32 Å². The molecule has 1 saturated carbocycles. The lowest BCUT2D eigenvalue weighted by atomic mass is 10.2. The van der Waals surface area contributed by atoms with Gasteiger partial charge in [0.05, 0.1) is 6.54 Å². The molecule has 0 saturated heterocycles. The Balaban J connectivity index is 1.55. The Kier molecular flexibility index (Phi) is 5.00. The van der Waals surface area contributed by atoms with Gasteiger partial charge in [-0.05, 0) is 41.0 Å². The SMILES string of the molecule is Clc1ccc(CSc2nnnn2CCNC2CC2)c(Cl)c1. The van der Waals surface area contributed by atoms with E-state index >= 15 is 0 Å². The fraction of sp³-hybridized carbons (Fsp3) is 0.462. The van der Waals surface area contributed by atoms with Crippen molar-refractivity contribution in [3.63, 3.8) is 0 Å². The number of hydrogen-bond acceptors (Lipinski definition) is 5. The molecule has 1 aliphatic carbocycles. The van der Waals surface area contributed by atoms with Crippen LogP contribution in [0.3, 0.4) is 0 Å². The van der Waals surface area contributed by atoms with Crippen molar-refractivity contribution in [3.05, 3.63) is 33.8 Å². The van der Waals surface area contributed by atoms with E-state index in [1.54, 1.807) is 17.8 Å². The van der Waals surface area contributed by atoms with Gasteiger partial charge in [-0.15, -0.1) is 5.10 Å². The molecule has 0 atom stereocenters. The molecule has 3 rings (SSSR count). The minimum atomic E-state index is 0.643. The van der Waals surface area contributed by atoms with Crippen LogP contribution >= 0.6 is 35.0 Å². The highest BCUT2D eigenvalue weighted by Crippen LogP contribution is 2.27. The van der Waals surface area contributed by atoms with Gasteiger partial charge in [0.25, 0.3) is 0 Å². The van der Waals surface area contributed by atoms with E-state index < -0.39 is 0 Å². The summed E-state index contributed by atoms with van der Waals surface area (Å²) in [6.45, 7) is 1.67. The molecule has 1 N–H and O–H groups in total. The van der Waals surface area contributed by atoms with Gasteiger partial charge in [0.2, 0.25) is 5.16 Å². The molecular formula is C13H15Cl2N5S. The van der Waals surface area contributed by atoms with E-state index in [4.69, 9.17) is 23.2 Å². The normalized spacial score (nSPS) is 14.6. The van der Waals surface area contributed by atoms with Gasteiger partial charge in [0, 0.05) is 28.4 Å². The Morgan fingerprint density at radius 1 is 1.33 bits per heavy atom. The van der Waals surface area contributed by atoms with Crippen LogP contribution in [0.25, 0.3) is 0 Å². The van der Waals surface area contributed by atoms with Crippen molar-refractivity contribution in [1.82, 2.24) is 25.5 Å². The number of benzene rings is 1. The number of rotatable bonds is 7. The third kappa shape index (κ3) is 4.32. The smallest absolute Gasteiger partial charge is 0.209 e. The summed E-state index contributed by atoms with van der Waals surface area (Å²) in [6, 6.07) is 6.22. The first-order chi connectivity index (χ1) is 10.2. The second-order valence-corrected chi connectivity index (χ2v) is 6.72. The summed E-state index contributed by atoms with van der Waals surface area (Å²) in [5.74, 6) is 0.715. The highest BCUT2D eigenvalue weighted by Gasteiger charge is 2.20. The number of thioether (sulfide) groups is 1. The van der Waals surface area contributed by atoms with Crippen molar-refractivity contribution >= 4 is 35.0 Å². The van der Waals surface area contributed by atoms with E-state index in [1.807, 2.05) is 16.8 Å². The van der Waals surface area contributed by atoms with Crippen LogP contribution in [-0.4, -0.2) is 32.8 Å².